The van der Waals surface area contributed by atoms with Crippen molar-refractivity contribution in [1.82, 2.24) is 0 Å². The van der Waals surface area contributed by atoms with E-state index in [9.17, 15) is 0 Å². The van der Waals surface area contributed by atoms with Crippen LogP contribution in [0.1, 0.15) is 26.7 Å². The number of fused-ring (bicyclic) bond motifs is 1. The van der Waals surface area contributed by atoms with Gasteiger partial charge in [-0.15, -0.1) is 0 Å². The maximum atomic E-state index is 5.62. The minimum absolute atomic E-state index is 0.551. The molecule has 10 heavy (non-hydrogen) atoms. The molecule has 4 unspecified atom stereocenters. The van der Waals surface area contributed by atoms with Crippen molar-refractivity contribution in [2.45, 2.75) is 32.8 Å². The third kappa shape index (κ3) is 0.800. The zero-order valence-corrected chi connectivity index (χ0v) is 6.84. The molecular formula is C9H16O. The van der Waals surface area contributed by atoms with E-state index in [2.05, 4.69) is 13.8 Å². The lowest BCUT2D eigenvalue weighted by Gasteiger charge is -2.48. The Hall–Kier alpha value is -0.0400. The van der Waals surface area contributed by atoms with E-state index in [1.54, 1.807) is 0 Å². The van der Waals surface area contributed by atoms with Crippen molar-refractivity contribution in [2.75, 3.05) is 6.61 Å². The molecule has 0 bridgehead atoms. The predicted molar refractivity (Wildman–Crippen MR) is 40.8 cm³/mol. The molecule has 0 aromatic carbocycles. The first-order chi connectivity index (χ1) is 4.79. The molecule has 0 aromatic heterocycles. The third-order valence-corrected chi connectivity index (χ3v) is 3.34. The monoisotopic (exact) mass is 140 g/mol. The lowest BCUT2D eigenvalue weighted by atomic mass is 9.64. The Bertz CT molecular complexity index is 117. The highest BCUT2D eigenvalue weighted by Crippen LogP contribution is 2.45. The summed E-state index contributed by atoms with van der Waals surface area (Å²) < 4.78 is 5.62. The summed E-state index contributed by atoms with van der Waals surface area (Å²) in [6, 6.07) is 0. The van der Waals surface area contributed by atoms with Crippen LogP contribution < -0.4 is 0 Å². The van der Waals surface area contributed by atoms with Gasteiger partial charge in [-0.25, -0.2) is 0 Å². The molecule has 1 nitrogen and oxygen atoms in total. The molecule has 2 aliphatic rings. The molecular weight excluding hydrogens is 124 g/mol. The van der Waals surface area contributed by atoms with Crippen molar-refractivity contribution < 1.29 is 4.74 Å². The van der Waals surface area contributed by atoms with Gasteiger partial charge in [-0.3, -0.25) is 0 Å². The topological polar surface area (TPSA) is 9.23 Å². The standard InChI is InChI=1S/C9H16O/c1-6-5-10-7(2)9-4-3-8(6)9/h6-9H,3-5H2,1-2H3. The fourth-order valence-corrected chi connectivity index (χ4v) is 2.39. The Balaban J connectivity index is 2.02. The number of rotatable bonds is 0. The molecule has 58 valence electrons. The van der Waals surface area contributed by atoms with Crippen LogP contribution in [0.15, 0.2) is 0 Å². The summed E-state index contributed by atoms with van der Waals surface area (Å²) in [5.74, 6) is 2.74. The molecule has 1 saturated heterocycles. The summed E-state index contributed by atoms with van der Waals surface area (Å²) in [5.41, 5.74) is 0. The van der Waals surface area contributed by atoms with E-state index < -0.39 is 0 Å². The first-order valence-electron chi connectivity index (χ1n) is 4.40. The van der Waals surface area contributed by atoms with Crippen LogP contribution in [0.4, 0.5) is 0 Å². The van der Waals surface area contributed by atoms with Gasteiger partial charge in [-0.2, -0.15) is 0 Å². The first-order valence-corrected chi connectivity index (χ1v) is 4.40. The van der Waals surface area contributed by atoms with Gasteiger partial charge in [-0.1, -0.05) is 6.92 Å². The van der Waals surface area contributed by atoms with Crippen molar-refractivity contribution in [1.29, 1.82) is 0 Å². The SMILES string of the molecule is CC1COC(C)C2CCC12. The van der Waals surface area contributed by atoms with E-state index in [1.165, 1.54) is 12.8 Å². The van der Waals surface area contributed by atoms with Crippen LogP contribution in [0.2, 0.25) is 0 Å². The van der Waals surface area contributed by atoms with Crippen molar-refractivity contribution >= 4 is 0 Å². The van der Waals surface area contributed by atoms with E-state index in [4.69, 9.17) is 4.74 Å². The second kappa shape index (κ2) is 2.23. The Kier molecular flexibility index (Phi) is 1.48. The molecule has 2 fully saturated rings. The van der Waals surface area contributed by atoms with E-state index in [0.717, 1.165) is 24.4 Å². The minimum Gasteiger partial charge on any atom is -0.378 e. The molecule has 1 saturated carbocycles. The molecule has 0 N–H and O–H groups in total. The fourth-order valence-electron chi connectivity index (χ4n) is 2.39. The zero-order chi connectivity index (χ0) is 7.14. The van der Waals surface area contributed by atoms with E-state index >= 15 is 0 Å². The maximum absolute atomic E-state index is 5.62. The summed E-state index contributed by atoms with van der Waals surface area (Å²) in [4.78, 5) is 0. The third-order valence-electron chi connectivity index (χ3n) is 3.34. The van der Waals surface area contributed by atoms with Crippen LogP contribution in [0.25, 0.3) is 0 Å². The van der Waals surface area contributed by atoms with Crippen molar-refractivity contribution in [3.05, 3.63) is 0 Å². The molecule has 2 rings (SSSR count). The molecule has 0 spiro atoms. The van der Waals surface area contributed by atoms with Gasteiger partial charge in [0.15, 0.2) is 0 Å². The van der Waals surface area contributed by atoms with Crippen LogP contribution in [-0.4, -0.2) is 12.7 Å². The highest BCUT2D eigenvalue weighted by atomic mass is 16.5. The lowest BCUT2D eigenvalue weighted by Crippen LogP contribution is -2.45. The van der Waals surface area contributed by atoms with Crippen molar-refractivity contribution in [2.24, 2.45) is 17.8 Å². The molecule has 1 aliphatic heterocycles. The normalized spacial score (nSPS) is 53.4. The van der Waals surface area contributed by atoms with Crippen LogP contribution in [-0.2, 0) is 4.74 Å². The number of hydrogen-bond acceptors (Lipinski definition) is 1. The molecule has 0 radical (unpaired) electrons. The molecule has 1 aliphatic carbocycles. The van der Waals surface area contributed by atoms with Gasteiger partial charge in [0.1, 0.15) is 0 Å². The highest BCUT2D eigenvalue weighted by molar-refractivity contribution is 4.90. The zero-order valence-electron chi connectivity index (χ0n) is 6.84. The minimum atomic E-state index is 0.551. The largest absolute Gasteiger partial charge is 0.378 e. The average Bonchev–Trinajstić information content (AvgIpc) is 1.78. The van der Waals surface area contributed by atoms with Crippen LogP contribution in [0, 0.1) is 17.8 Å². The Morgan fingerprint density at radius 3 is 2.30 bits per heavy atom. The van der Waals surface area contributed by atoms with Crippen molar-refractivity contribution in [3.63, 3.8) is 0 Å². The molecule has 1 heterocycles. The summed E-state index contributed by atoms with van der Waals surface area (Å²) in [6.45, 7) is 5.55. The van der Waals surface area contributed by atoms with E-state index in [1.807, 2.05) is 0 Å². The van der Waals surface area contributed by atoms with Crippen LogP contribution >= 0.6 is 0 Å². The first kappa shape index (κ1) is 6.66. The van der Waals surface area contributed by atoms with Crippen LogP contribution in [0.3, 0.4) is 0 Å². The lowest BCUT2D eigenvalue weighted by molar-refractivity contribution is -0.120. The summed E-state index contributed by atoms with van der Waals surface area (Å²) in [7, 11) is 0. The van der Waals surface area contributed by atoms with Gasteiger partial charge < -0.3 is 4.74 Å². The molecule has 0 aromatic rings. The smallest absolute Gasteiger partial charge is 0.0578 e. The van der Waals surface area contributed by atoms with Gasteiger partial charge >= 0.3 is 0 Å². The molecule has 4 atom stereocenters. The fraction of sp³-hybridized carbons (Fsp3) is 1.00. The van der Waals surface area contributed by atoms with Crippen molar-refractivity contribution in [3.8, 4) is 0 Å². The van der Waals surface area contributed by atoms with E-state index in [-0.39, 0.29) is 0 Å². The molecule has 0 amide bonds. The second-order valence-corrected chi connectivity index (χ2v) is 3.92. The van der Waals surface area contributed by atoms with Crippen LogP contribution in [0.5, 0.6) is 0 Å². The van der Waals surface area contributed by atoms with Gasteiger partial charge in [0.05, 0.1) is 6.10 Å². The van der Waals surface area contributed by atoms with E-state index in [0.29, 0.717) is 6.10 Å². The quantitative estimate of drug-likeness (QED) is 0.500. The number of ether oxygens (including phenoxy) is 1. The average molecular weight is 140 g/mol. The summed E-state index contributed by atoms with van der Waals surface area (Å²) in [5, 5.41) is 0. The Morgan fingerprint density at radius 2 is 1.80 bits per heavy atom. The Morgan fingerprint density at radius 1 is 1.10 bits per heavy atom. The highest BCUT2D eigenvalue weighted by Gasteiger charge is 2.41. The second-order valence-electron chi connectivity index (χ2n) is 3.92. The van der Waals surface area contributed by atoms with Gasteiger partial charge in [0, 0.05) is 6.61 Å². The summed E-state index contributed by atoms with van der Waals surface area (Å²) >= 11 is 0. The van der Waals surface area contributed by atoms with Gasteiger partial charge in [0.2, 0.25) is 0 Å². The Labute approximate surface area is 62.8 Å². The molecule has 1 heteroatoms. The van der Waals surface area contributed by atoms with Gasteiger partial charge in [-0.05, 0) is 37.5 Å². The maximum Gasteiger partial charge on any atom is 0.0578 e. The van der Waals surface area contributed by atoms with Gasteiger partial charge in [0.25, 0.3) is 0 Å². The predicted octanol–water partition coefficient (Wildman–Crippen LogP) is 2.07. The summed E-state index contributed by atoms with van der Waals surface area (Å²) in [6.07, 6.45) is 3.42. The number of hydrogen-bond donors (Lipinski definition) is 0.